The van der Waals surface area contributed by atoms with Crippen LogP contribution in [0, 0.1) is 0 Å². The van der Waals surface area contributed by atoms with Crippen molar-refractivity contribution in [3.63, 3.8) is 0 Å². The summed E-state index contributed by atoms with van der Waals surface area (Å²) in [4.78, 5) is 0. The molecule has 1 atom stereocenters. The first-order valence-corrected chi connectivity index (χ1v) is 6.08. The Morgan fingerprint density at radius 1 is 1.14 bits per heavy atom. The number of hydrogen-bond acceptors (Lipinski definition) is 2. The molecule has 1 N–H and O–H groups in total. The van der Waals surface area contributed by atoms with E-state index in [1.165, 1.54) is 44.9 Å². The van der Waals surface area contributed by atoms with Crippen LogP contribution in [0.1, 0.15) is 58.3 Å². The lowest BCUT2D eigenvalue weighted by atomic mass is 9.84. The Bertz CT molecular complexity index is 141. The molecule has 0 saturated carbocycles. The van der Waals surface area contributed by atoms with E-state index in [1.807, 2.05) is 0 Å². The lowest BCUT2D eigenvalue weighted by Crippen LogP contribution is -2.43. The zero-order valence-electron chi connectivity index (χ0n) is 9.43. The van der Waals surface area contributed by atoms with Crippen molar-refractivity contribution in [3.8, 4) is 0 Å². The van der Waals surface area contributed by atoms with E-state index in [4.69, 9.17) is 9.84 Å². The van der Waals surface area contributed by atoms with E-state index in [-0.39, 0.29) is 5.60 Å². The standard InChI is InChI=1S/C12H24O2/c1-2-7-12(9-11-14-12)8-5-3-4-6-10-13/h13H,2-11H2,1H3. The van der Waals surface area contributed by atoms with Crippen molar-refractivity contribution in [2.75, 3.05) is 13.2 Å². The molecule has 2 nitrogen and oxygen atoms in total. The molecule has 1 heterocycles. The predicted octanol–water partition coefficient (Wildman–Crippen LogP) is 2.89. The average molecular weight is 200 g/mol. The van der Waals surface area contributed by atoms with Gasteiger partial charge < -0.3 is 9.84 Å². The van der Waals surface area contributed by atoms with Gasteiger partial charge in [0.15, 0.2) is 0 Å². The number of rotatable bonds is 8. The molecular formula is C12H24O2. The highest BCUT2D eigenvalue weighted by Gasteiger charge is 2.36. The number of ether oxygens (including phenoxy) is 1. The molecule has 84 valence electrons. The zero-order chi connectivity index (χ0) is 10.3. The second-order valence-corrected chi connectivity index (χ2v) is 4.42. The van der Waals surface area contributed by atoms with Crippen molar-refractivity contribution >= 4 is 0 Å². The van der Waals surface area contributed by atoms with Gasteiger partial charge in [-0.2, -0.15) is 0 Å². The van der Waals surface area contributed by atoms with Gasteiger partial charge in [0.2, 0.25) is 0 Å². The Morgan fingerprint density at radius 3 is 2.36 bits per heavy atom. The van der Waals surface area contributed by atoms with Crippen molar-refractivity contribution < 1.29 is 9.84 Å². The van der Waals surface area contributed by atoms with E-state index in [9.17, 15) is 0 Å². The molecule has 1 saturated heterocycles. The molecule has 1 unspecified atom stereocenters. The smallest absolute Gasteiger partial charge is 0.0704 e. The number of aliphatic hydroxyl groups is 1. The fraction of sp³-hybridized carbons (Fsp3) is 1.00. The summed E-state index contributed by atoms with van der Waals surface area (Å²) in [5.74, 6) is 0. The van der Waals surface area contributed by atoms with Gasteiger partial charge in [-0.3, -0.25) is 0 Å². The van der Waals surface area contributed by atoms with Crippen molar-refractivity contribution in [2.45, 2.75) is 63.9 Å². The summed E-state index contributed by atoms with van der Waals surface area (Å²) < 4.78 is 5.72. The molecule has 0 aromatic heterocycles. The largest absolute Gasteiger partial charge is 0.396 e. The fourth-order valence-corrected chi connectivity index (χ4v) is 2.28. The summed E-state index contributed by atoms with van der Waals surface area (Å²) in [6.07, 6.45) is 9.59. The van der Waals surface area contributed by atoms with E-state index >= 15 is 0 Å². The number of aliphatic hydroxyl groups excluding tert-OH is 1. The minimum atomic E-state index is 0.258. The van der Waals surface area contributed by atoms with Crippen molar-refractivity contribution in [3.05, 3.63) is 0 Å². The number of unbranched alkanes of at least 4 members (excludes halogenated alkanes) is 3. The van der Waals surface area contributed by atoms with Crippen LogP contribution >= 0.6 is 0 Å². The third-order valence-corrected chi connectivity index (χ3v) is 3.21. The number of hydrogen-bond donors (Lipinski definition) is 1. The van der Waals surface area contributed by atoms with E-state index < -0.39 is 0 Å². The van der Waals surface area contributed by atoms with Crippen molar-refractivity contribution in [2.24, 2.45) is 0 Å². The van der Waals surface area contributed by atoms with Gasteiger partial charge in [0.25, 0.3) is 0 Å². The second kappa shape index (κ2) is 6.41. The summed E-state index contributed by atoms with van der Waals surface area (Å²) in [5.41, 5.74) is 0.258. The first kappa shape index (κ1) is 12.0. The van der Waals surface area contributed by atoms with Crippen LogP contribution in [-0.2, 0) is 4.74 Å². The van der Waals surface area contributed by atoms with Crippen LogP contribution in [0.3, 0.4) is 0 Å². The molecule has 1 aliphatic rings. The first-order chi connectivity index (χ1) is 6.83. The Labute approximate surface area is 87.7 Å². The molecule has 0 aliphatic carbocycles. The van der Waals surface area contributed by atoms with Gasteiger partial charge in [0.05, 0.1) is 12.2 Å². The molecule has 0 bridgehead atoms. The molecule has 1 fully saturated rings. The summed E-state index contributed by atoms with van der Waals surface area (Å²) in [5, 5.41) is 8.64. The van der Waals surface area contributed by atoms with Crippen molar-refractivity contribution in [1.82, 2.24) is 0 Å². The third-order valence-electron chi connectivity index (χ3n) is 3.21. The minimum absolute atomic E-state index is 0.258. The van der Waals surface area contributed by atoms with Gasteiger partial charge in [-0.15, -0.1) is 0 Å². The molecule has 0 spiro atoms. The highest BCUT2D eigenvalue weighted by atomic mass is 16.5. The molecule has 1 aliphatic heterocycles. The van der Waals surface area contributed by atoms with Crippen molar-refractivity contribution in [1.29, 1.82) is 0 Å². The maximum Gasteiger partial charge on any atom is 0.0704 e. The van der Waals surface area contributed by atoms with Gasteiger partial charge in [-0.1, -0.05) is 32.6 Å². The molecule has 0 radical (unpaired) electrons. The topological polar surface area (TPSA) is 29.5 Å². The Kier molecular flexibility index (Phi) is 5.49. The normalized spacial score (nSPS) is 26.1. The van der Waals surface area contributed by atoms with Gasteiger partial charge in [-0.05, 0) is 25.7 Å². The van der Waals surface area contributed by atoms with Crippen LogP contribution in [-0.4, -0.2) is 23.9 Å². The molecule has 0 aromatic carbocycles. The van der Waals surface area contributed by atoms with Crippen LogP contribution in [0.2, 0.25) is 0 Å². The van der Waals surface area contributed by atoms with Gasteiger partial charge >= 0.3 is 0 Å². The van der Waals surface area contributed by atoms with Gasteiger partial charge in [0.1, 0.15) is 0 Å². The van der Waals surface area contributed by atoms with E-state index in [2.05, 4.69) is 6.92 Å². The highest BCUT2D eigenvalue weighted by molar-refractivity contribution is 4.86. The summed E-state index contributed by atoms with van der Waals surface area (Å²) in [6.45, 7) is 3.54. The Morgan fingerprint density at radius 2 is 1.86 bits per heavy atom. The van der Waals surface area contributed by atoms with E-state index in [1.54, 1.807) is 0 Å². The Hall–Kier alpha value is -0.0800. The molecule has 14 heavy (non-hydrogen) atoms. The molecule has 0 amide bonds. The second-order valence-electron chi connectivity index (χ2n) is 4.42. The molecule has 0 aromatic rings. The monoisotopic (exact) mass is 200 g/mol. The van der Waals surface area contributed by atoms with Crippen LogP contribution in [0.5, 0.6) is 0 Å². The molecule has 1 rings (SSSR count). The zero-order valence-corrected chi connectivity index (χ0v) is 9.43. The summed E-state index contributed by atoms with van der Waals surface area (Å²) in [6, 6.07) is 0. The van der Waals surface area contributed by atoms with E-state index in [0.29, 0.717) is 6.61 Å². The summed E-state index contributed by atoms with van der Waals surface area (Å²) >= 11 is 0. The third kappa shape index (κ3) is 3.58. The maximum atomic E-state index is 8.64. The van der Waals surface area contributed by atoms with Crippen LogP contribution in [0.15, 0.2) is 0 Å². The fourth-order valence-electron chi connectivity index (χ4n) is 2.28. The highest BCUT2D eigenvalue weighted by Crippen LogP contribution is 2.36. The average Bonchev–Trinajstić information content (AvgIpc) is 2.13. The minimum Gasteiger partial charge on any atom is -0.396 e. The molecule has 2 heteroatoms. The van der Waals surface area contributed by atoms with Gasteiger partial charge in [0, 0.05) is 6.61 Å². The molecular weight excluding hydrogens is 176 g/mol. The maximum absolute atomic E-state index is 8.64. The van der Waals surface area contributed by atoms with Crippen LogP contribution in [0.25, 0.3) is 0 Å². The van der Waals surface area contributed by atoms with Crippen LogP contribution in [0.4, 0.5) is 0 Å². The van der Waals surface area contributed by atoms with Gasteiger partial charge in [-0.25, -0.2) is 0 Å². The quantitative estimate of drug-likeness (QED) is 0.610. The summed E-state index contributed by atoms with van der Waals surface area (Å²) in [7, 11) is 0. The SMILES string of the molecule is CCCC1(CCCCCCO)CCO1. The lowest BCUT2D eigenvalue weighted by molar-refractivity contribution is -0.156. The van der Waals surface area contributed by atoms with E-state index in [0.717, 1.165) is 13.0 Å². The predicted molar refractivity (Wildman–Crippen MR) is 58.4 cm³/mol. The first-order valence-electron chi connectivity index (χ1n) is 6.08. The Balaban J connectivity index is 2.03. The van der Waals surface area contributed by atoms with Crippen LogP contribution < -0.4 is 0 Å². The lowest BCUT2D eigenvalue weighted by Gasteiger charge is -2.42.